The van der Waals surface area contributed by atoms with Crippen LogP contribution >= 0.6 is 0 Å². The first-order valence-corrected chi connectivity index (χ1v) is 23.5. The molecule has 0 bridgehead atoms. The number of piperidine rings is 1. The van der Waals surface area contributed by atoms with Crippen molar-refractivity contribution < 1.29 is 67.7 Å². The number of carbonyl (C=O) groups excluding carboxylic acids is 5. The first-order chi connectivity index (χ1) is 31.5. The molecule has 3 aliphatic rings. The lowest BCUT2D eigenvalue weighted by atomic mass is 9.85. The van der Waals surface area contributed by atoms with Crippen molar-refractivity contribution in [1.29, 1.82) is 0 Å². The summed E-state index contributed by atoms with van der Waals surface area (Å²) in [5, 5.41) is 38.5. The Bertz CT molecular complexity index is 1260. The minimum Gasteiger partial charge on any atom is -0.396 e. The van der Waals surface area contributed by atoms with Crippen LogP contribution in [0.25, 0.3) is 0 Å². The molecule has 1 saturated heterocycles. The summed E-state index contributed by atoms with van der Waals surface area (Å²) < 4.78 is 33.0. The average Bonchev–Trinajstić information content (AvgIpc) is 3.61. The molecule has 21 nitrogen and oxygen atoms in total. The molecule has 0 aromatic carbocycles. The van der Waals surface area contributed by atoms with Crippen LogP contribution in [0, 0.1) is 5.92 Å². The first-order valence-electron chi connectivity index (χ1n) is 23.5. The number of hydrogen-bond donors (Lipinski definition) is 8. The molecule has 0 aromatic heterocycles. The molecule has 0 spiro atoms. The molecule has 3 atom stereocenters. The van der Waals surface area contributed by atoms with Crippen molar-refractivity contribution in [2.24, 2.45) is 11.7 Å². The van der Waals surface area contributed by atoms with E-state index in [0.717, 1.165) is 71.1 Å². The Hall–Kier alpha value is -3.51. The van der Waals surface area contributed by atoms with Crippen molar-refractivity contribution in [1.82, 2.24) is 31.1 Å². The van der Waals surface area contributed by atoms with Crippen LogP contribution in [0.5, 0.6) is 0 Å². The van der Waals surface area contributed by atoms with Gasteiger partial charge in [0, 0.05) is 96.7 Å². The van der Waals surface area contributed by atoms with Crippen LogP contribution in [0.1, 0.15) is 84.5 Å². The lowest BCUT2D eigenvalue weighted by Crippen LogP contribution is -2.49. The fourth-order valence-electron chi connectivity index (χ4n) is 6.66. The van der Waals surface area contributed by atoms with E-state index < -0.39 is 12.2 Å². The third kappa shape index (κ3) is 33.6. The minimum absolute atomic E-state index is 0.0156. The van der Waals surface area contributed by atoms with Gasteiger partial charge in [-0.05, 0) is 51.4 Å². The first kappa shape index (κ1) is 59.5. The van der Waals surface area contributed by atoms with Gasteiger partial charge in [-0.3, -0.25) is 19.3 Å². The maximum atomic E-state index is 12.2. The molecule has 378 valence electrons. The Balaban J connectivity index is 0.00000128. The number of ether oxygens (including phenoxy) is 6. The van der Waals surface area contributed by atoms with E-state index in [1.54, 1.807) is 0 Å². The minimum atomic E-state index is -0.709. The molecule has 21 heteroatoms. The average molecular weight is 934 g/mol. The van der Waals surface area contributed by atoms with Gasteiger partial charge in [0.1, 0.15) is 0 Å². The Kier molecular flexibility index (Phi) is 37.3. The van der Waals surface area contributed by atoms with Crippen molar-refractivity contribution >= 4 is 29.8 Å². The van der Waals surface area contributed by atoms with Gasteiger partial charge < -0.3 is 75.6 Å². The standard InChI is InChI=1S/C35H64N6O10.C7H14O3.C2H5NO/c1-2-3-6-19-46-23-25-48-21-13-37-34(44)36-12-5-4-7-20-47-24-27-50-29-30-51-28-26-49-22-14-38-35(45)39-31-10-15-40(16-11-31)17-18-41-32(42)8-9-33(41)43;8-4-5-2-1-3-6(9)7(5)10;1-2(3)4/h8-9,31H,2-7,10-30H2,1H3,(H2,36,37,44)(H2,38,39,45);5-10H,1-4H2;1H3,(H2,3,4). The van der Waals surface area contributed by atoms with Crippen LogP contribution in [0.3, 0.4) is 0 Å². The van der Waals surface area contributed by atoms with Gasteiger partial charge in [0.15, 0.2) is 0 Å². The maximum Gasteiger partial charge on any atom is 0.315 e. The third-order valence-corrected chi connectivity index (χ3v) is 10.3. The zero-order valence-electron chi connectivity index (χ0n) is 39.2. The van der Waals surface area contributed by atoms with Crippen LogP contribution in [-0.2, 0) is 42.8 Å². The molecule has 3 rings (SSSR count). The fourth-order valence-corrected chi connectivity index (χ4v) is 6.66. The number of nitrogens with zero attached hydrogens (tertiary/aromatic N) is 2. The zero-order valence-corrected chi connectivity index (χ0v) is 39.2. The second-order valence-electron chi connectivity index (χ2n) is 15.8. The molecule has 65 heavy (non-hydrogen) atoms. The van der Waals surface area contributed by atoms with Crippen LogP contribution in [0.2, 0.25) is 0 Å². The summed E-state index contributed by atoms with van der Waals surface area (Å²) in [5.74, 6) is -0.951. The number of amides is 7. The normalized spacial score (nSPS) is 18.7. The number of nitrogens with two attached hydrogens (primary N) is 1. The van der Waals surface area contributed by atoms with E-state index in [1.165, 1.54) is 36.8 Å². The molecular weight excluding hydrogens is 851 g/mol. The van der Waals surface area contributed by atoms with Gasteiger partial charge in [-0.2, -0.15) is 0 Å². The zero-order chi connectivity index (χ0) is 47.8. The second kappa shape index (κ2) is 40.7. The van der Waals surface area contributed by atoms with E-state index in [0.29, 0.717) is 112 Å². The van der Waals surface area contributed by atoms with Gasteiger partial charge in [-0.25, -0.2) is 9.59 Å². The van der Waals surface area contributed by atoms with E-state index in [4.69, 9.17) is 38.6 Å². The van der Waals surface area contributed by atoms with Crippen molar-refractivity contribution in [2.45, 2.75) is 103 Å². The summed E-state index contributed by atoms with van der Waals surface area (Å²) in [5.41, 5.74) is 4.47. The molecule has 0 aromatic rings. The van der Waals surface area contributed by atoms with Gasteiger partial charge in [-0.15, -0.1) is 0 Å². The number of nitrogens with one attached hydrogen (secondary N) is 4. The quantitative estimate of drug-likeness (QED) is 0.0327. The van der Waals surface area contributed by atoms with Crippen LogP contribution in [0.15, 0.2) is 12.2 Å². The van der Waals surface area contributed by atoms with Crippen molar-refractivity contribution in [3.8, 4) is 0 Å². The molecule has 9 N–H and O–H groups in total. The van der Waals surface area contributed by atoms with Gasteiger partial charge >= 0.3 is 12.1 Å². The largest absolute Gasteiger partial charge is 0.396 e. The lowest BCUT2D eigenvalue weighted by molar-refractivity contribution is -0.137. The van der Waals surface area contributed by atoms with Crippen LogP contribution in [-0.4, -0.2) is 205 Å². The molecule has 1 aliphatic carbocycles. The SMILES string of the molecule is CC(N)=O.CCCCCOCCOCCNC(=O)NCCCCCOCCOCCOCCOCCNC(=O)NC1CCN(CCN2C(=O)C=CC2=O)CC1.OCC1CCCC(O)C1O. The van der Waals surface area contributed by atoms with Crippen LogP contribution in [0.4, 0.5) is 9.59 Å². The number of rotatable bonds is 33. The number of urea groups is 2. The fraction of sp³-hybridized carbons (Fsp3) is 0.841. The van der Waals surface area contributed by atoms with E-state index >= 15 is 0 Å². The molecule has 7 amide bonds. The predicted octanol–water partition coefficient (Wildman–Crippen LogP) is 0.427. The van der Waals surface area contributed by atoms with Crippen molar-refractivity contribution in [3.05, 3.63) is 12.2 Å². The van der Waals surface area contributed by atoms with Gasteiger partial charge in [0.05, 0.1) is 78.3 Å². The van der Waals surface area contributed by atoms with E-state index in [9.17, 15) is 29.1 Å². The predicted molar refractivity (Wildman–Crippen MR) is 243 cm³/mol. The Labute approximate surface area is 386 Å². The summed E-state index contributed by atoms with van der Waals surface area (Å²) in [6, 6.07) is -0.298. The summed E-state index contributed by atoms with van der Waals surface area (Å²) >= 11 is 0. The van der Waals surface area contributed by atoms with Gasteiger partial charge in [0.2, 0.25) is 5.91 Å². The van der Waals surface area contributed by atoms with Crippen molar-refractivity contribution in [2.75, 3.05) is 132 Å². The van der Waals surface area contributed by atoms with Gasteiger partial charge in [-0.1, -0.05) is 26.2 Å². The van der Waals surface area contributed by atoms with Crippen LogP contribution < -0.4 is 27.0 Å². The summed E-state index contributed by atoms with van der Waals surface area (Å²) in [4.78, 5) is 60.0. The Morgan fingerprint density at radius 3 is 1.63 bits per heavy atom. The molecule has 2 heterocycles. The highest BCUT2D eigenvalue weighted by atomic mass is 16.6. The molecule has 3 unspecified atom stereocenters. The summed E-state index contributed by atoms with van der Waals surface area (Å²) in [7, 11) is 0. The highest BCUT2D eigenvalue weighted by Crippen LogP contribution is 2.24. The molecular formula is C44H83N7O14. The third-order valence-electron chi connectivity index (χ3n) is 10.3. The summed E-state index contributed by atoms with van der Waals surface area (Å²) in [6.07, 6.45) is 11.6. The molecule has 2 aliphatic heterocycles. The Morgan fingerprint density at radius 1 is 0.646 bits per heavy atom. The Morgan fingerprint density at radius 2 is 1.12 bits per heavy atom. The highest BCUT2D eigenvalue weighted by molar-refractivity contribution is 6.12. The lowest BCUT2D eigenvalue weighted by Gasteiger charge is -2.33. The maximum absolute atomic E-state index is 12.2. The van der Waals surface area contributed by atoms with E-state index in [-0.39, 0.29) is 48.4 Å². The van der Waals surface area contributed by atoms with E-state index in [1.807, 2.05) is 0 Å². The topological polar surface area (TPSA) is 282 Å². The molecule has 2 fully saturated rings. The number of imide groups is 1. The van der Waals surface area contributed by atoms with Crippen molar-refractivity contribution in [3.63, 3.8) is 0 Å². The molecule has 1 saturated carbocycles. The number of hydrogen-bond acceptors (Lipinski definition) is 15. The monoisotopic (exact) mass is 934 g/mol. The number of aliphatic hydroxyl groups is 3. The van der Waals surface area contributed by atoms with E-state index in [2.05, 4.69) is 38.8 Å². The number of carbonyl (C=O) groups is 5. The highest BCUT2D eigenvalue weighted by Gasteiger charge is 2.29. The van der Waals surface area contributed by atoms with Gasteiger partial charge in [0.25, 0.3) is 11.8 Å². The number of likely N-dealkylation sites (tertiary alicyclic amines) is 1. The number of aliphatic hydroxyl groups excluding tert-OH is 3. The smallest absolute Gasteiger partial charge is 0.315 e. The summed E-state index contributed by atoms with van der Waals surface area (Å²) in [6.45, 7) is 13.9. The number of unbranched alkanes of at least 4 members (excludes halogenated alkanes) is 4. The molecule has 0 radical (unpaired) electrons. The number of primary amides is 1. The second-order valence-corrected chi connectivity index (χ2v) is 15.8.